The number of likely N-dealkylation sites (tertiary alicyclic amines) is 1. The highest BCUT2D eigenvalue weighted by molar-refractivity contribution is 5.77. The maximum absolute atomic E-state index is 12.2. The Bertz CT molecular complexity index is 629. The predicted molar refractivity (Wildman–Crippen MR) is 82.5 cm³/mol. The molecular formula is C16H20N4O. The molecule has 3 rings (SSSR count). The molecule has 0 bridgehead atoms. The number of nitrogen functional groups attached to an aromatic ring is 1. The summed E-state index contributed by atoms with van der Waals surface area (Å²) >= 11 is 0. The van der Waals surface area contributed by atoms with Gasteiger partial charge in [-0.1, -0.05) is 18.2 Å². The van der Waals surface area contributed by atoms with E-state index in [9.17, 15) is 4.79 Å². The number of nitrogens with zero attached hydrogens (tertiary/aromatic N) is 3. The molecule has 1 fully saturated rings. The second-order valence-corrected chi connectivity index (χ2v) is 5.46. The number of carbonyl (C=O) groups is 1. The summed E-state index contributed by atoms with van der Waals surface area (Å²) in [5.74, 6) is 0.144. The van der Waals surface area contributed by atoms with Crippen LogP contribution in [0.25, 0.3) is 11.1 Å². The van der Waals surface area contributed by atoms with Gasteiger partial charge in [-0.05, 0) is 25.3 Å². The summed E-state index contributed by atoms with van der Waals surface area (Å²) < 4.78 is 1.69. The van der Waals surface area contributed by atoms with E-state index in [1.54, 1.807) is 10.9 Å². The van der Waals surface area contributed by atoms with E-state index < -0.39 is 0 Å². The Morgan fingerprint density at radius 2 is 1.95 bits per heavy atom. The van der Waals surface area contributed by atoms with Crippen molar-refractivity contribution in [2.45, 2.75) is 25.8 Å². The molecule has 2 aromatic rings. The largest absolute Gasteiger partial charge is 0.398 e. The van der Waals surface area contributed by atoms with Gasteiger partial charge in [0.15, 0.2) is 0 Å². The van der Waals surface area contributed by atoms with Gasteiger partial charge < -0.3 is 10.6 Å². The van der Waals surface area contributed by atoms with Crippen LogP contribution in [0, 0.1) is 0 Å². The molecule has 21 heavy (non-hydrogen) atoms. The number of amides is 1. The van der Waals surface area contributed by atoms with E-state index in [4.69, 9.17) is 5.73 Å². The molecule has 0 spiro atoms. The SMILES string of the molecule is Nc1ccccc1-c1cnn(CC(=O)N2CCCCC2)c1. The fraction of sp³-hybridized carbons (Fsp3) is 0.375. The second kappa shape index (κ2) is 5.99. The maximum atomic E-state index is 12.2. The van der Waals surface area contributed by atoms with Gasteiger partial charge in [-0.3, -0.25) is 9.48 Å². The molecule has 1 aromatic carbocycles. The normalized spacial score (nSPS) is 15.1. The van der Waals surface area contributed by atoms with Gasteiger partial charge in [0.2, 0.25) is 5.91 Å². The van der Waals surface area contributed by atoms with E-state index in [0.717, 1.165) is 42.7 Å². The molecule has 1 aliphatic rings. The van der Waals surface area contributed by atoms with E-state index in [2.05, 4.69) is 5.10 Å². The van der Waals surface area contributed by atoms with Gasteiger partial charge in [0.1, 0.15) is 6.54 Å². The number of carbonyl (C=O) groups excluding carboxylic acids is 1. The lowest BCUT2D eigenvalue weighted by Gasteiger charge is -2.26. The molecule has 110 valence electrons. The van der Waals surface area contributed by atoms with Crippen LogP contribution in [0.4, 0.5) is 5.69 Å². The maximum Gasteiger partial charge on any atom is 0.244 e. The summed E-state index contributed by atoms with van der Waals surface area (Å²) in [5.41, 5.74) is 8.59. The number of benzene rings is 1. The van der Waals surface area contributed by atoms with Crippen LogP contribution in [-0.4, -0.2) is 33.7 Å². The van der Waals surface area contributed by atoms with Gasteiger partial charge in [0.25, 0.3) is 0 Å². The third-order valence-corrected chi connectivity index (χ3v) is 3.91. The number of para-hydroxylation sites is 1. The Morgan fingerprint density at radius 1 is 1.19 bits per heavy atom. The van der Waals surface area contributed by atoms with Gasteiger partial charge in [-0.15, -0.1) is 0 Å². The minimum absolute atomic E-state index is 0.144. The minimum Gasteiger partial charge on any atom is -0.398 e. The third-order valence-electron chi connectivity index (χ3n) is 3.91. The van der Waals surface area contributed by atoms with Crippen LogP contribution in [0.15, 0.2) is 36.7 Å². The third kappa shape index (κ3) is 3.07. The van der Waals surface area contributed by atoms with E-state index in [-0.39, 0.29) is 5.91 Å². The quantitative estimate of drug-likeness (QED) is 0.878. The topological polar surface area (TPSA) is 64.1 Å². The zero-order valence-electron chi connectivity index (χ0n) is 12.0. The number of aromatic nitrogens is 2. The van der Waals surface area contributed by atoms with Crippen LogP contribution in [0.3, 0.4) is 0 Å². The Hall–Kier alpha value is -2.30. The van der Waals surface area contributed by atoms with Gasteiger partial charge in [-0.2, -0.15) is 5.10 Å². The number of nitrogens with two attached hydrogens (primary N) is 1. The Balaban J connectivity index is 1.70. The van der Waals surface area contributed by atoms with Crippen molar-refractivity contribution in [2.24, 2.45) is 0 Å². The zero-order valence-corrected chi connectivity index (χ0v) is 12.0. The van der Waals surface area contributed by atoms with Crippen LogP contribution in [0.1, 0.15) is 19.3 Å². The summed E-state index contributed by atoms with van der Waals surface area (Å²) in [5, 5.41) is 4.28. The number of anilines is 1. The molecular weight excluding hydrogens is 264 g/mol. The Labute approximate surface area is 124 Å². The molecule has 1 amide bonds. The number of rotatable bonds is 3. The molecule has 0 unspecified atom stereocenters. The minimum atomic E-state index is 0.144. The van der Waals surface area contributed by atoms with E-state index >= 15 is 0 Å². The predicted octanol–water partition coefficient (Wildman–Crippen LogP) is 2.14. The highest BCUT2D eigenvalue weighted by Crippen LogP contribution is 2.24. The van der Waals surface area contributed by atoms with Crippen molar-refractivity contribution in [3.63, 3.8) is 0 Å². The van der Waals surface area contributed by atoms with Crippen molar-refractivity contribution in [2.75, 3.05) is 18.8 Å². The molecule has 1 aliphatic heterocycles. The van der Waals surface area contributed by atoms with Gasteiger partial charge in [0, 0.05) is 36.1 Å². The van der Waals surface area contributed by atoms with Gasteiger partial charge in [-0.25, -0.2) is 0 Å². The fourth-order valence-corrected chi connectivity index (χ4v) is 2.73. The van der Waals surface area contributed by atoms with Gasteiger partial charge in [0.05, 0.1) is 6.20 Å². The van der Waals surface area contributed by atoms with E-state index in [1.165, 1.54) is 6.42 Å². The molecule has 2 N–H and O–H groups in total. The van der Waals surface area contributed by atoms with Crippen molar-refractivity contribution >= 4 is 11.6 Å². The molecule has 2 heterocycles. The molecule has 0 atom stereocenters. The summed E-state index contributed by atoms with van der Waals surface area (Å²) in [6, 6.07) is 7.68. The highest BCUT2D eigenvalue weighted by atomic mass is 16.2. The lowest BCUT2D eigenvalue weighted by Crippen LogP contribution is -2.37. The monoisotopic (exact) mass is 284 g/mol. The van der Waals surface area contributed by atoms with Crippen molar-refractivity contribution < 1.29 is 4.79 Å². The summed E-state index contributed by atoms with van der Waals surface area (Å²) in [6.07, 6.45) is 7.08. The Morgan fingerprint density at radius 3 is 2.71 bits per heavy atom. The lowest BCUT2D eigenvalue weighted by molar-refractivity contribution is -0.132. The smallest absolute Gasteiger partial charge is 0.244 e. The summed E-state index contributed by atoms with van der Waals surface area (Å²) in [4.78, 5) is 14.2. The summed E-state index contributed by atoms with van der Waals surface area (Å²) in [6.45, 7) is 2.05. The average molecular weight is 284 g/mol. The first kappa shape index (κ1) is 13.7. The lowest BCUT2D eigenvalue weighted by atomic mass is 10.1. The standard InChI is InChI=1S/C16H20N4O/c17-15-7-3-2-6-14(15)13-10-18-20(11-13)12-16(21)19-8-4-1-5-9-19/h2-3,6-7,10-11H,1,4-5,8-9,12,17H2. The molecule has 0 radical (unpaired) electrons. The first-order valence-corrected chi connectivity index (χ1v) is 7.39. The van der Waals surface area contributed by atoms with Crippen LogP contribution < -0.4 is 5.73 Å². The molecule has 1 saturated heterocycles. The van der Waals surface area contributed by atoms with Crippen molar-refractivity contribution in [1.82, 2.24) is 14.7 Å². The molecule has 0 saturated carbocycles. The second-order valence-electron chi connectivity index (χ2n) is 5.46. The van der Waals surface area contributed by atoms with Crippen LogP contribution in [0.5, 0.6) is 0 Å². The van der Waals surface area contributed by atoms with E-state index in [1.807, 2.05) is 35.4 Å². The van der Waals surface area contributed by atoms with Gasteiger partial charge >= 0.3 is 0 Å². The number of piperidine rings is 1. The number of hydrogen-bond acceptors (Lipinski definition) is 3. The van der Waals surface area contributed by atoms with Crippen molar-refractivity contribution in [1.29, 1.82) is 0 Å². The average Bonchev–Trinajstić information content (AvgIpc) is 2.97. The first-order chi connectivity index (χ1) is 10.2. The molecule has 5 nitrogen and oxygen atoms in total. The van der Waals surface area contributed by atoms with E-state index in [0.29, 0.717) is 6.54 Å². The zero-order chi connectivity index (χ0) is 14.7. The molecule has 5 heteroatoms. The summed E-state index contributed by atoms with van der Waals surface area (Å²) in [7, 11) is 0. The molecule has 1 aromatic heterocycles. The Kier molecular flexibility index (Phi) is 3.90. The van der Waals surface area contributed by atoms with Crippen LogP contribution in [0.2, 0.25) is 0 Å². The fourth-order valence-electron chi connectivity index (χ4n) is 2.73. The van der Waals surface area contributed by atoms with Crippen LogP contribution >= 0.6 is 0 Å². The van der Waals surface area contributed by atoms with Crippen molar-refractivity contribution in [3.8, 4) is 11.1 Å². The molecule has 0 aliphatic carbocycles. The van der Waals surface area contributed by atoms with Crippen molar-refractivity contribution in [3.05, 3.63) is 36.7 Å². The number of hydrogen-bond donors (Lipinski definition) is 1. The highest BCUT2D eigenvalue weighted by Gasteiger charge is 2.17. The van der Waals surface area contributed by atoms with Crippen LogP contribution in [-0.2, 0) is 11.3 Å². The first-order valence-electron chi connectivity index (χ1n) is 7.39.